The second kappa shape index (κ2) is 8.56. The van der Waals surface area contributed by atoms with Crippen LogP contribution in [0.5, 0.6) is 5.75 Å². The lowest BCUT2D eigenvalue weighted by Gasteiger charge is -2.12. The number of hydrogen-bond acceptors (Lipinski definition) is 4. The van der Waals surface area contributed by atoms with Crippen LogP contribution in [-0.4, -0.2) is 18.3 Å². The quantitative estimate of drug-likeness (QED) is 0.613. The number of ether oxygens (including phenoxy) is 1. The minimum absolute atomic E-state index is 0.108. The van der Waals surface area contributed by atoms with Crippen LogP contribution >= 0.6 is 11.6 Å². The highest BCUT2D eigenvalue weighted by Gasteiger charge is 2.13. The number of rotatable bonds is 7. The highest BCUT2D eigenvalue weighted by Crippen LogP contribution is 2.17. The van der Waals surface area contributed by atoms with Gasteiger partial charge in [-0.3, -0.25) is 9.59 Å². The zero-order valence-electron chi connectivity index (χ0n) is 14.6. The first-order valence-corrected chi connectivity index (χ1v) is 8.76. The van der Waals surface area contributed by atoms with Crippen LogP contribution in [0.1, 0.15) is 34.6 Å². The van der Waals surface area contributed by atoms with Crippen LogP contribution in [0.25, 0.3) is 0 Å². The minimum Gasteiger partial charge on any atom is -0.484 e. The van der Waals surface area contributed by atoms with Gasteiger partial charge in [0.25, 0.3) is 5.91 Å². The van der Waals surface area contributed by atoms with E-state index in [2.05, 4.69) is 5.32 Å². The van der Waals surface area contributed by atoms with E-state index in [0.29, 0.717) is 27.7 Å². The average molecular weight is 384 g/mol. The maximum Gasteiger partial charge on any atom is 0.258 e. The molecule has 0 bridgehead atoms. The van der Waals surface area contributed by atoms with Gasteiger partial charge in [-0.05, 0) is 67.6 Å². The van der Waals surface area contributed by atoms with Crippen molar-refractivity contribution in [2.75, 3.05) is 6.61 Å². The summed E-state index contributed by atoms with van der Waals surface area (Å²) in [4.78, 5) is 24.4. The van der Waals surface area contributed by atoms with Crippen LogP contribution in [0.15, 0.2) is 71.3 Å². The fourth-order valence-corrected chi connectivity index (χ4v) is 2.64. The molecule has 1 heterocycles. The highest BCUT2D eigenvalue weighted by atomic mass is 35.5. The van der Waals surface area contributed by atoms with Crippen LogP contribution in [0.4, 0.5) is 0 Å². The Labute approximate surface area is 161 Å². The van der Waals surface area contributed by atoms with E-state index in [0.717, 1.165) is 0 Å². The molecule has 138 valence electrons. The summed E-state index contributed by atoms with van der Waals surface area (Å²) >= 11 is 5.84. The number of hydrogen-bond donors (Lipinski definition) is 1. The molecular formula is C21H18ClNO4. The summed E-state index contributed by atoms with van der Waals surface area (Å²) in [5, 5.41) is 3.36. The summed E-state index contributed by atoms with van der Waals surface area (Å²) in [5.41, 5.74) is 1.08. The van der Waals surface area contributed by atoms with E-state index in [9.17, 15) is 9.59 Å². The second-order valence-electron chi connectivity index (χ2n) is 5.95. The number of amides is 1. The topological polar surface area (TPSA) is 68.5 Å². The average Bonchev–Trinajstić information content (AvgIpc) is 3.22. The molecule has 1 amide bonds. The summed E-state index contributed by atoms with van der Waals surface area (Å²) in [6.07, 6.45) is 1.56. The fraction of sp³-hybridized carbons (Fsp3) is 0.143. The predicted molar refractivity (Wildman–Crippen MR) is 102 cm³/mol. The Bertz CT molecular complexity index is 902. The molecule has 0 saturated carbocycles. The number of nitrogens with one attached hydrogen (secondary N) is 1. The molecule has 3 rings (SSSR count). The van der Waals surface area contributed by atoms with E-state index < -0.39 is 0 Å². The molecule has 0 aliphatic rings. The smallest absolute Gasteiger partial charge is 0.258 e. The molecule has 0 unspecified atom stereocenters. The van der Waals surface area contributed by atoms with Gasteiger partial charge in [-0.25, -0.2) is 0 Å². The maximum atomic E-state index is 12.4. The Kier molecular flexibility index (Phi) is 5.94. The SMILES string of the molecule is C[C@H](NC(=O)COc1ccc(C(=O)c2ccc(Cl)cc2)cc1)c1ccco1. The first-order chi connectivity index (χ1) is 13.0. The first-order valence-electron chi connectivity index (χ1n) is 8.39. The molecule has 0 spiro atoms. The molecule has 3 aromatic rings. The van der Waals surface area contributed by atoms with Crippen molar-refractivity contribution in [3.05, 3.63) is 88.8 Å². The molecule has 0 aliphatic carbocycles. The van der Waals surface area contributed by atoms with Crippen molar-refractivity contribution in [3.63, 3.8) is 0 Å². The van der Waals surface area contributed by atoms with Crippen LogP contribution in [0, 0.1) is 0 Å². The molecule has 5 nitrogen and oxygen atoms in total. The van der Waals surface area contributed by atoms with Gasteiger partial charge in [0.05, 0.1) is 12.3 Å². The van der Waals surface area contributed by atoms with E-state index >= 15 is 0 Å². The molecular weight excluding hydrogens is 366 g/mol. The van der Waals surface area contributed by atoms with Crippen LogP contribution in [-0.2, 0) is 4.79 Å². The number of halogens is 1. The zero-order chi connectivity index (χ0) is 19.2. The monoisotopic (exact) mass is 383 g/mol. The number of carbonyl (C=O) groups is 2. The summed E-state index contributed by atoms with van der Waals surface area (Å²) in [5.74, 6) is 0.806. The van der Waals surface area contributed by atoms with E-state index in [1.165, 1.54) is 0 Å². The maximum absolute atomic E-state index is 12.4. The Balaban J connectivity index is 1.53. The molecule has 27 heavy (non-hydrogen) atoms. The van der Waals surface area contributed by atoms with Crippen molar-refractivity contribution >= 4 is 23.3 Å². The van der Waals surface area contributed by atoms with Crippen molar-refractivity contribution in [2.24, 2.45) is 0 Å². The van der Waals surface area contributed by atoms with Crippen LogP contribution < -0.4 is 10.1 Å². The number of benzene rings is 2. The third-order valence-corrected chi connectivity index (χ3v) is 4.19. The van der Waals surface area contributed by atoms with Crippen LogP contribution in [0.2, 0.25) is 5.02 Å². The lowest BCUT2D eigenvalue weighted by atomic mass is 10.0. The predicted octanol–water partition coefficient (Wildman–Crippen LogP) is 4.42. The molecule has 0 aliphatic heterocycles. The molecule has 1 aromatic heterocycles. The number of furan rings is 1. The van der Waals surface area contributed by atoms with Gasteiger partial charge in [0.15, 0.2) is 12.4 Å². The molecule has 0 saturated heterocycles. The molecule has 6 heteroatoms. The Morgan fingerprint density at radius 3 is 2.26 bits per heavy atom. The lowest BCUT2D eigenvalue weighted by Crippen LogP contribution is -2.31. The van der Waals surface area contributed by atoms with Crippen molar-refractivity contribution in [1.29, 1.82) is 0 Å². The van der Waals surface area contributed by atoms with Gasteiger partial charge in [0.1, 0.15) is 11.5 Å². The van der Waals surface area contributed by atoms with E-state index in [1.807, 2.05) is 6.92 Å². The van der Waals surface area contributed by atoms with E-state index in [-0.39, 0.29) is 24.3 Å². The number of ketones is 1. The van der Waals surface area contributed by atoms with Crippen molar-refractivity contribution in [2.45, 2.75) is 13.0 Å². The zero-order valence-corrected chi connectivity index (χ0v) is 15.4. The van der Waals surface area contributed by atoms with Gasteiger partial charge >= 0.3 is 0 Å². The summed E-state index contributed by atoms with van der Waals surface area (Å²) in [6.45, 7) is 1.70. The Morgan fingerprint density at radius 2 is 1.67 bits per heavy atom. The third kappa shape index (κ3) is 4.99. The van der Waals surface area contributed by atoms with E-state index in [4.69, 9.17) is 20.8 Å². The molecule has 2 aromatic carbocycles. The number of carbonyl (C=O) groups excluding carboxylic acids is 2. The van der Waals surface area contributed by atoms with Gasteiger partial charge in [-0.2, -0.15) is 0 Å². The molecule has 1 atom stereocenters. The van der Waals surface area contributed by atoms with Gasteiger partial charge in [-0.15, -0.1) is 0 Å². The molecule has 0 fully saturated rings. The van der Waals surface area contributed by atoms with Crippen molar-refractivity contribution in [1.82, 2.24) is 5.32 Å². The summed E-state index contributed by atoms with van der Waals surface area (Å²) in [7, 11) is 0. The van der Waals surface area contributed by atoms with Gasteiger partial charge in [0, 0.05) is 16.1 Å². The third-order valence-electron chi connectivity index (χ3n) is 3.94. The van der Waals surface area contributed by atoms with Crippen molar-refractivity contribution < 1.29 is 18.7 Å². The Morgan fingerprint density at radius 1 is 1.04 bits per heavy atom. The standard InChI is InChI=1S/C21H18ClNO4/c1-14(19-3-2-12-26-19)23-20(24)13-27-18-10-6-16(7-11-18)21(25)15-4-8-17(22)9-5-15/h2-12,14H,13H2,1H3,(H,23,24)/t14-/m0/s1. The van der Waals surface area contributed by atoms with E-state index in [1.54, 1.807) is 66.9 Å². The fourth-order valence-electron chi connectivity index (χ4n) is 2.51. The summed E-state index contributed by atoms with van der Waals surface area (Å²) < 4.78 is 10.7. The Hall–Kier alpha value is -3.05. The van der Waals surface area contributed by atoms with Gasteiger partial charge in [-0.1, -0.05) is 11.6 Å². The lowest BCUT2D eigenvalue weighted by molar-refractivity contribution is -0.123. The van der Waals surface area contributed by atoms with Gasteiger partial charge < -0.3 is 14.5 Å². The first kappa shape index (κ1) is 18.7. The van der Waals surface area contributed by atoms with Crippen LogP contribution in [0.3, 0.4) is 0 Å². The second-order valence-corrected chi connectivity index (χ2v) is 6.39. The van der Waals surface area contributed by atoms with Gasteiger partial charge in [0.2, 0.25) is 0 Å². The normalized spacial score (nSPS) is 11.6. The molecule has 1 N–H and O–H groups in total. The summed E-state index contributed by atoms with van der Waals surface area (Å²) in [6, 6.07) is 16.7. The highest BCUT2D eigenvalue weighted by molar-refractivity contribution is 6.30. The molecule has 0 radical (unpaired) electrons. The largest absolute Gasteiger partial charge is 0.484 e. The van der Waals surface area contributed by atoms with Crippen molar-refractivity contribution in [3.8, 4) is 5.75 Å². The minimum atomic E-state index is -0.264.